The molecule has 1 saturated heterocycles. The highest BCUT2D eigenvalue weighted by molar-refractivity contribution is 5.94. The molecule has 1 aliphatic heterocycles. The molecule has 33 heavy (non-hydrogen) atoms. The molecule has 1 N–H and O–H groups in total. The second kappa shape index (κ2) is 9.27. The van der Waals surface area contributed by atoms with Gasteiger partial charge in [0.05, 0.1) is 18.1 Å². The summed E-state index contributed by atoms with van der Waals surface area (Å²) in [6, 6.07) is 7.70. The van der Waals surface area contributed by atoms with E-state index < -0.39 is 5.82 Å². The number of rotatable bonds is 6. The zero-order valence-electron chi connectivity index (χ0n) is 19.7. The van der Waals surface area contributed by atoms with Crippen LogP contribution >= 0.6 is 0 Å². The smallest absolute Gasteiger partial charge is 0.253 e. The van der Waals surface area contributed by atoms with E-state index in [0.29, 0.717) is 23.0 Å². The van der Waals surface area contributed by atoms with Crippen molar-refractivity contribution >= 4 is 17.5 Å². The predicted octanol–water partition coefficient (Wildman–Crippen LogP) is 3.89. The van der Waals surface area contributed by atoms with Crippen molar-refractivity contribution in [2.45, 2.75) is 39.3 Å². The number of halogens is 1. The average Bonchev–Trinajstić information content (AvgIpc) is 3.42. The number of nitrogens with zero attached hydrogens (tertiary/aromatic N) is 6. The van der Waals surface area contributed by atoms with Gasteiger partial charge in [0.25, 0.3) is 5.91 Å². The number of hydrogen-bond donors (Lipinski definition) is 1. The van der Waals surface area contributed by atoms with Crippen molar-refractivity contribution in [3.63, 3.8) is 0 Å². The average molecular weight is 452 g/mol. The van der Waals surface area contributed by atoms with Gasteiger partial charge in [-0.2, -0.15) is 0 Å². The van der Waals surface area contributed by atoms with Crippen LogP contribution in [0.2, 0.25) is 0 Å². The minimum absolute atomic E-state index is 0.0311. The maximum absolute atomic E-state index is 14.6. The lowest BCUT2D eigenvalue weighted by Gasteiger charge is -2.20. The van der Waals surface area contributed by atoms with Crippen LogP contribution in [0.1, 0.15) is 42.5 Å². The van der Waals surface area contributed by atoms with Crippen LogP contribution in [-0.4, -0.2) is 68.5 Å². The molecule has 1 aromatic carbocycles. The molecule has 0 bridgehead atoms. The van der Waals surface area contributed by atoms with E-state index in [0.717, 1.165) is 31.5 Å². The number of carbonyl (C=O) groups excluding carboxylic acids is 1. The second-order valence-corrected chi connectivity index (χ2v) is 8.90. The Balaban J connectivity index is 1.50. The number of nitrogens with one attached hydrogen (secondary N) is 1. The Kier molecular flexibility index (Phi) is 6.42. The van der Waals surface area contributed by atoms with Crippen LogP contribution in [0.3, 0.4) is 0 Å². The van der Waals surface area contributed by atoms with Gasteiger partial charge < -0.3 is 19.7 Å². The largest absolute Gasteiger partial charge is 0.337 e. The Hall–Kier alpha value is -3.33. The minimum atomic E-state index is -0.509. The fourth-order valence-electron chi connectivity index (χ4n) is 4.24. The number of anilines is 2. The minimum Gasteiger partial charge on any atom is -0.337 e. The lowest BCUT2D eigenvalue weighted by molar-refractivity contribution is 0.0783. The standard InChI is InChI=1S/C24H30FN7O/c1-15(2)32-16(3)26-13-21(32)22-20(25)12-27-24(29-22)28-18-8-6-17(7-9-18)23(33)31-11-10-19(14-31)30(4)5/h6-9,12-13,15,19H,10-11,14H2,1-5H3,(H,27,28,29)/t19-/m1/s1. The van der Waals surface area contributed by atoms with Gasteiger partial charge >= 0.3 is 0 Å². The van der Waals surface area contributed by atoms with Crippen LogP contribution < -0.4 is 5.32 Å². The molecular weight excluding hydrogens is 421 g/mol. The van der Waals surface area contributed by atoms with E-state index in [1.165, 1.54) is 0 Å². The maximum Gasteiger partial charge on any atom is 0.253 e. The van der Waals surface area contributed by atoms with Crippen molar-refractivity contribution in [1.29, 1.82) is 0 Å². The monoisotopic (exact) mass is 451 g/mol. The van der Waals surface area contributed by atoms with E-state index in [4.69, 9.17) is 0 Å². The SMILES string of the molecule is Cc1ncc(-c2nc(Nc3ccc(C(=O)N4CC[C@@H](N(C)C)C4)cc3)ncc2F)n1C(C)C. The number of hydrogen-bond acceptors (Lipinski definition) is 6. The summed E-state index contributed by atoms with van der Waals surface area (Å²) in [4.78, 5) is 29.7. The Morgan fingerprint density at radius 2 is 1.91 bits per heavy atom. The van der Waals surface area contributed by atoms with Crippen molar-refractivity contribution in [1.82, 2.24) is 29.3 Å². The van der Waals surface area contributed by atoms with E-state index in [9.17, 15) is 9.18 Å². The molecule has 0 aliphatic carbocycles. The zero-order chi connectivity index (χ0) is 23.7. The molecule has 2 aromatic heterocycles. The third-order valence-corrected chi connectivity index (χ3v) is 6.05. The number of likely N-dealkylation sites (N-methyl/N-ethyl adjacent to an activating group) is 1. The van der Waals surface area contributed by atoms with Crippen LogP contribution in [0, 0.1) is 12.7 Å². The highest BCUT2D eigenvalue weighted by Gasteiger charge is 2.28. The molecular formula is C24H30FN7O. The fraction of sp³-hybridized carbons (Fsp3) is 0.417. The number of benzene rings is 1. The molecule has 0 unspecified atom stereocenters. The molecule has 1 aliphatic rings. The quantitative estimate of drug-likeness (QED) is 0.613. The maximum atomic E-state index is 14.6. The first-order chi connectivity index (χ1) is 15.7. The van der Waals surface area contributed by atoms with Gasteiger partial charge in [0.2, 0.25) is 5.95 Å². The summed E-state index contributed by atoms with van der Waals surface area (Å²) >= 11 is 0. The van der Waals surface area contributed by atoms with E-state index in [1.807, 2.05) is 56.5 Å². The number of aromatic nitrogens is 4. The second-order valence-electron chi connectivity index (χ2n) is 8.90. The normalized spacial score (nSPS) is 16.1. The molecule has 0 saturated carbocycles. The van der Waals surface area contributed by atoms with Crippen molar-refractivity contribution in [3.05, 3.63) is 53.9 Å². The molecule has 1 atom stereocenters. The Bertz CT molecular complexity index is 1140. The van der Waals surface area contributed by atoms with Crippen molar-refractivity contribution in [2.24, 2.45) is 0 Å². The Morgan fingerprint density at radius 1 is 1.18 bits per heavy atom. The first-order valence-corrected chi connectivity index (χ1v) is 11.1. The van der Waals surface area contributed by atoms with Gasteiger partial charge in [0.1, 0.15) is 11.5 Å². The van der Waals surface area contributed by atoms with Gasteiger partial charge in [0.15, 0.2) is 5.82 Å². The fourth-order valence-corrected chi connectivity index (χ4v) is 4.24. The predicted molar refractivity (Wildman–Crippen MR) is 126 cm³/mol. The Labute approximate surface area is 193 Å². The van der Waals surface area contributed by atoms with E-state index >= 15 is 0 Å². The van der Waals surface area contributed by atoms with Gasteiger partial charge in [0, 0.05) is 36.4 Å². The summed E-state index contributed by atoms with van der Waals surface area (Å²) in [5, 5.41) is 3.10. The summed E-state index contributed by atoms with van der Waals surface area (Å²) in [6.07, 6.45) is 3.77. The number of aryl methyl sites for hydroxylation is 1. The molecule has 8 nitrogen and oxygen atoms in total. The lowest BCUT2D eigenvalue weighted by Crippen LogP contribution is -2.34. The number of likely N-dealkylation sites (tertiary alicyclic amines) is 1. The van der Waals surface area contributed by atoms with Crippen LogP contribution in [0.15, 0.2) is 36.7 Å². The molecule has 1 amide bonds. The van der Waals surface area contributed by atoms with Crippen molar-refractivity contribution < 1.29 is 9.18 Å². The lowest BCUT2D eigenvalue weighted by atomic mass is 10.2. The summed E-state index contributed by atoms with van der Waals surface area (Å²) in [6.45, 7) is 7.42. The first kappa shape index (κ1) is 22.8. The summed E-state index contributed by atoms with van der Waals surface area (Å²) < 4.78 is 16.5. The van der Waals surface area contributed by atoms with Crippen LogP contribution in [-0.2, 0) is 0 Å². The third-order valence-electron chi connectivity index (χ3n) is 6.05. The molecule has 0 radical (unpaired) electrons. The van der Waals surface area contributed by atoms with Gasteiger partial charge in [-0.15, -0.1) is 0 Å². The summed E-state index contributed by atoms with van der Waals surface area (Å²) in [5.41, 5.74) is 2.15. The summed E-state index contributed by atoms with van der Waals surface area (Å²) in [5.74, 6) is 0.587. The molecule has 4 rings (SSSR count). The highest BCUT2D eigenvalue weighted by atomic mass is 19.1. The van der Waals surface area contributed by atoms with Gasteiger partial charge in [-0.25, -0.2) is 19.3 Å². The van der Waals surface area contributed by atoms with Crippen molar-refractivity contribution in [3.8, 4) is 11.4 Å². The Morgan fingerprint density at radius 3 is 2.55 bits per heavy atom. The van der Waals surface area contributed by atoms with E-state index in [2.05, 4.69) is 25.2 Å². The van der Waals surface area contributed by atoms with Crippen LogP contribution in [0.25, 0.3) is 11.4 Å². The zero-order valence-corrected chi connectivity index (χ0v) is 19.7. The molecule has 9 heteroatoms. The van der Waals surface area contributed by atoms with Gasteiger partial charge in [-0.05, 0) is 65.6 Å². The third kappa shape index (κ3) is 4.73. The number of imidazole rings is 1. The highest BCUT2D eigenvalue weighted by Crippen LogP contribution is 2.26. The molecule has 3 heterocycles. The van der Waals surface area contributed by atoms with Gasteiger partial charge in [-0.3, -0.25) is 4.79 Å². The van der Waals surface area contributed by atoms with Crippen LogP contribution in [0.4, 0.5) is 16.0 Å². The first-order valence-electron chi connectivity index (χ1n) is 11.1. The van der Waals surface area contributed by atoms with Crippen molar-refractivity contribution in [2.75, 3.05) is 32.5 Å². The molecule has 1 fully saturated rings. The number of carbonyl (C=O) groups is 1. The molecule has 0 spiro atoms. The molecule has 3 aromatic rings. The topological polar surface area (TPSA) is 79.2 Å². The van der Waals surface area contributed by atoms with Gasteiger partial charge in [-0.1, -0.05) is 0 Å². The summed E-state index contributed by atoms with van der Waals surface area (Å²) in [7, 11) is 4.08. The van der Waals surface area contributed by atoms with E-state index in [-0.39, 0.29) is 23.6 Å². The molecule has 174 valence electrons. The number of amides is 1. The van der Waals surface area contributed by atoms with E-state index in [1.54, 1.807) is 18.3 Å². The van der Waals surface area contributed by atoms with Crippen LogP contribution in [0.5, 0.6) is 0 Å².